The van der Waals surface area contributed by atoms with Crippen molar-refractivity contribution in [1.29, 1.82) is 0 Å². The molecule has 2 aliphatic carbocycles. The van der Waals surface area contributed by atoms with Gasteiger partial charge < -0.3 is 15.2 Å². The van der Waals surface area contributed by atoms with E-state index in [4.69, 9.17) is 0 Å². The maximum atomic E-state index is 4.55. The summed E-state index contributed by atoms with van der Waals surface area (Å²) in [5.41, 5.74) is 8.58. The molecule has 2 atom stereocenters. The lowest BCUT2D eigenvalue weighted by atomic mass is 9.64. The van der Waals surface area contributed by atoms with E-state index in [2.05, 4.69) is 136 Å². The molecule has 7 rings (SSSR count). The van der Waals surface area contributed by atoms with Gasteiger partial charge in [0.1, 0.15) is 0 Å². The van der Waals surface area contributed by atoms with Crippen LogP contribution in [0.25, 0.3) is 23.9 Å². The summed E-state index contributed by atoms with van der Waals surface area (Å²) in [7, 11) is 1.93. The van der Waals surface area contributed by atoms with E-state index in [1.165, 1.54) is 29.5 Å². The Morgan fingerprint density at radius 3 is 2.36 bits per heavy atom. The number of hydrogen-bond donors (Lipinski definition) is 2. The second-order valence-electron chi connectivity index (χ2n) is 16.2. The Labute approximate surface area is 333 Å². The van der Waals surface area contributed by atoms with Crippen LogP contribution in [-0.4, -0.2) is 45.7 Å². The molecule has 0 spiro atoms. The van der Waals surface area contributed by atoms with E-state index in [1.807, 2.05) is 32.4 Å². The van der Waals surface area contributed by atoms with Crippen molar-refractivity contribution in [3.8, 4) is 0 Å². The van der Waals surface area contributed by atoms with Gasteiger partial charge in [0.25, 0.3) is 0 Å². The first kappa shape index (κ1) is 39.0. The van der Waals surface area contributed by atoms with Gasteiger partial charge in [-0.05, 0) is 105 Å². The summed E-state index contributed by atoms with van der Waals surface area (Å²) in [5.74, 6) is 2.41. The average molecular weight is 746 g/mol. The lowest BCUT2D eigenvalue weighted by molar-refractivity contribution is 0.281. The number of benzene rings is 2. The fourth-order valence-electron chi connectivity index (χ4n) is 9.35. The van der Waals surface area contributed by atoms with Crippen LogP contribution in [0.3, 0.4) is 0 Å². The molecule has 2 unspecified atom stereocenters. The predicted molar refractivity (Wildman–Crippen MR) is 237 cm³/mol. The Hall–Kier alpha value is -5.30. The molecule has 0 radical (unpaired) electrons. The number of aromatic nitrogens is 3. The van der Waals surface area contributed by atoms with Gasteiger partial charge in [0.15, 0.2) is 11.7 Å². The highest BCUT2D eigenvalue weighted by molar-refractivity contribution is 6.09. The van der Waals surface area contributed by atoms with Crippen molar-refractivity contribution in [2.45, 2.75) is 96.1 Å². The van der Waals surface area contributed by atoms with Crippen LogP contribution in [-0.2, 0) is 18.3 Å². The van der Waals surface area contributed by atoms with Gasteiger partial charge in [0.2, 0.25) is 0 Å². The third-order valence-electron chi connectivity index (χ3n) is 12.8. The fraction of sp³-hybridized carbons (Fsp3) is 0.388. The van der Waals surface area contributed by atoms with E-state index < -0.39 is 0 Å². The molecule has 1 saturated carbocycles. The summed E-state index contributed by atoms with van der Waals surface area (Å²) in [5, 5.41) is 11.4. The molecule has 56 heavy (non-hydrogen) atoms. The number of likely N-dealkylation sites (N-methyl/N-ethyl adjacent to an activating group) is 1. The largest absolute Gasteiger partial charge is 0.390 e. The molecule has 3 aliphatic rings. The monoisotopic (exact) mass is 745 g/mol. The molecule has 0 bridgehead atoms. The standard InChI is InChI=1S/C49H59N7/c1-9-12-13-46(33(5)50-8)56-34(6)44-23-22-42(28-45(44)35(56)7)55-43-26-38(27-43)24-36-14-18-40(19-15-36)49(10-2,11-3)41-20-16-37(17-21-41)25-39-30-52-47(53-31-39)48-51-29-32(4)54-48/h9,14-20,22-23,28,30-31,38,41,43,46,50,55H,1,5-7,10-13,21,24-27,29H2,2-4,8H3. The Balaban J connectivity index is 0.935. The number of fused-ring (bicyclic) bond motifs is 1. The molecular formula is C49H59N7. The molecule has 2 aromatic heterocycles. The van der Waals surface area contributed by atoms with Crippen LogP contribution in [0.1, 0.15) is 94.3 Å². The molecule has 7 nitrogen and oxygen atoms in total. The Kier molecular flexibility index (Phi) is 11.7. The van der Waals surface area contributed by atoms with Gasteiger partial charge in [-0.15, -0.1) is 6.58 Å². The molecule has 2 aromatic carbocycles. The summed E-state index contributed by atoms with van der Waals surface area (Å²) < 4.78 is 2.24. The van der Waals surface area contributed by atoms with Crippen molar-refractivity contribution < 1.29 is 0 Å². The SMILES string of the molecule is C=CCCC(C(=C)NC)n1c(=C)c2ccc(NC3CC(Cc4ccc(C(CC)(CC)C5C=CC(Cc6cnc(C7=NCC(C)=N7)nc6)=CC5)cc4)C3)cc2c1=C. The molecule has 0 amide bonds. The average Bonchev–Trinajstić information content (AvgIpc) is 3.75. The number of anilines is 1. The second-order valence-corrected chi connectivity index (χ2v) is 16.2. The minimum Gasteiger partial charge on any atom is -0.390 e. The Morgan fingerprint density at radius 2 is 1.73 bits per heavy atom. The minimum absolute atomic E-state index is 0.0769. The molecule has 4 aromatic rings. The smallest absolute Gasteiger partial charge is 0.197 e. The van der Waals surface area contributed by atoms with Crippen LogP contribution in [0.4, 0.5) is 5.69 Å². The summed E-state index contributed by atoms with van der Waals surface area (Å²) in [6.07, 6.45) is 22.4. The van der Waals surface area contributed by atoms with Gasteiger partial charge in [-0.1, -0.05) is 88.2 Å². The van der Waals surface area contributed by atoms with Gasteiger partial charge >= 0.3 is 0 Å². The summed E-state index contributed by atoms with van der Waals surface area (Å²) in [6.45, 7) is 24.5. The van der Waals surface area contributed by atoms with Gasteiger partial charge in [-0.2, -0.15) is 0 Å². The first-order valence-corrected chi connectivity index (χ1v) is 20.6. The number of rotatable bonds is 17. The third-order valence-corrected chi connectivity index (χ3v) is 12.8. The van der Waals surface area contributed by atoms with E-state index in [-0.39, 0.29) is 11.5 Å². The highest BCUT2D eigenvalue weighted by Gasteiger charge is 2.36. The first-order valence-electron chi connectivity index (χ1n) is 20.6. The fourth-order valence-corrected chi connectivity index (χ4v) is 9.35. The molecule has 290 valence electrons. The van der Waals surface area contributed by atoms with Crippen molar-refractivity contribution in [3.63, 3.8) is 0 Å². The van der Waals surface area contributed by atoms with Crippen LogP contribution in [0.15, 0.2) is 114 Å². The predicted octanol–water partition coefficient (Wildman–Crippen LogP) is 8.95. The lowest BCUT2D eigenvalue weighted by Gasteiger charge is -2.40. The normalized spacial score (nSPS) is 19.9. The van der Waals surface area contributed by atoms with Crippen molar-refractivity contribution >= 4 is 41.2 Å². The lowest BCUT2D eigenvalue weighted by Crippen LogP contribution is -2.36. The maximum Gasteiger partial charge on any atom is 0.197 e. The summed E-state index contributed by atoms with van der Waals surface area (Å²) >= 11 is 0. The quantitative estimate of drug-likeness (QED) is 0.106. The molecular weight excluding hydrogens is 687 g/mol. The van der Waals surface area contributed by atoms with E-state index in [0.29, 0.717) is 36.1 Å². The van der Waals surface area contributed by atoms with Crippen LogP contribution in [0.2, 0.25) is 0 Å². The summed E-state index contributed by atoms with van der Waals surface area (Å²) in [4.78, 5) is 18.0. The molecule has 3 heterocycles. The van der Waals surface area contributed by atoms with Gasteiger partial charge in [-0.3, -0.25) is 4.99 Å². The number of allylic oxidation sites excluding steroid dienone is 6. The number of nitrogens with one attached hydrogen (secondary N) is 2. The third kappa shape index (κ3) is 7.86. The van der Waals surface area contributed by atoms with Crippen LogP contribution in [0.5, 0.6) is 0 Å². The molecule has 1 fully saturated rings. The first-order chi connectivity index (χ1) is 27.2. The van der Waals surface area contributed by atoms with Gasteiger partial charge in [0.05, 0.1) is 12.6 Å². The van der Waals surface area contributed by atoms with Crippen molar-refractivity contribution in [3.05, 3.63) is 137 Å². The topological polar surface area (TPSA) is 79.5 Å². The van der Waals surface area contributed by atoms with Crippen molar-refractivity contribution in [1.82, 2.24) is 19.9 Å². The van der Waals surface area contributed by atoms with E-state index in [0.717, 1.165) is 89.1 Å². The van der Waals surface area contributed by atoms with Crippen molar-refractivity contribution in [2.75, 3.05) is 18.9 Å². The van der Waals surface area contributed by atoms with Crippen molar-refractivity contribution in [2.24, 2.45) is 21.8 Å². The van der Waals surface area contributed by atoms with Crippen LogP contribution < -0.4 is 21.3 Å². The highest BCUT2D eigenvalue weighted by atomic mass is 15.1. The Bertz CT molecular complexity index is 2290. The van der Waals surface area contributed by atoms with E-state index in [1.54, 1.807) is 0 Å². The zero-order chi connectivity index (χ0) is 39.4. The second kappa shape index (κ2) is 16.8. The summed E-state index contributed by atoms with van der Waals surface area (Å²) in [6, 6.07) is 16.8. The molecule has 0 saturated heterocycles. The van der Waals surface area contributed by atoms with E-state index in [9.17, 15) is 0 Å². The van der Waals surface area contributed by atoms with E-state index >= 15 is 0 Å². The molecule has 7 heteroatoms. The molecule has 2 N–H and O–H groups in total. The number of hydrogen-bond acceptors (Lipinski definition) is 6. The highest BCUT2D eigenvalue weighted by Crippen LogP contribution is 2.44. The van der Waals surface area contributed by atoms with Gasteiger partial charge in [-0.25, -0.2) is 15.0 Å². The maximum absolute atomic E-state index is 4.55. The van der Waals surface area contributed by atoms with Crippen LogP contribution >= 0.6 is 0 Å². The number of aliphatic imine (C=N–C) groups is 2. The zero-order valence-corrected chi connectivity index (χ0v) is 34.0. The van der Waals surface area contributed by atoms with Gasteiger partial charge in [0, 0.05) is 75.9 Å². The minimum atomic E-state index is 0.0769. The zero-order valence-electron chi connectivity index (χ0n) is 34.0. The number of amidine groups is 1. The Morgan fingerprint density at radius 1 is 1.00 bits per heavy atom. The van der Waals surface area contributed by atoms with Crippen LogP contribution in [0, 0.1) is 11.8 Å². The molecule has 1 aliphatic heterocycles. The number of nitrogens with zero attached hydrogens (tertiary/aromatic N) is 5.